The molecular formula is C34H71N5O16. The Labute approximate surface area is 324 Å². The van der Waals surface area contributed by atoms with Gasteiger partial charge < -0.3 is 85.2 Å². The Morgan fingerprint density at radius 3 is 1.31 bits per heavy atom. The van der Waals surface area contributed by atoms with E-state index in [0.717, 1.165) is 6.54 Å². The van der Waals surface area contributed by atoms with Crippen LogP contribution in [-0.4, -0.2) is 258 Å². The first-order valence-electron chi connectivity index (χ1n) is 18.8. The Morgan fingerprint density at radius 1 is 0.509 bits per heavy atom. The van der Waals surface area contributed by atoms with E-state index in [1.807, 2.05) is 7.05 Å². The molecule has 0 aliphatic rings. The molecule has 0 aromatic carbocycles. The first-order chi connectivity index (χ1) is 26.5. The molecule has 0 rings (SSSR count). The molecule has 21 heteroatoms. The Balaban J connectivity index is 4.18. The van der Waals surface area contributed by atoms with Gasteiger partial charge in [0.1, 0.15) is 12.2 Å². The molecule has 0 radical (unpaired) electrons. The van der Waals surface area contributed by atoms with Crippen molar-refractivity contribution in [2.45, 2.75) is 49.5 Å². The van der Waals surface area contributed by atoms with Gasteiger partial charge in [-0.25, -0.2) is 0 Å². The number of likely N-dealkylation sites (N-methyl/N-ethyl adjacent to an activating group) is 2. The number of hydrogen-bond donors (Lipinski definition) is 11. The molecule has 0 heterocycles. The van der Waals surface area contributed by atoms with Crippen LogP contribution in [0.2, 0.25) is 0 Å². The minimum absolute atomic E-state index is 0.0311. The van der Waals surface area contributed by atoms with Gasteiger partial charge in [0, 0.05) is 59.5 Å². The second-order valence-corrected chi connectivity index (χ2v) is 12.5. The smallest absolute Gasteiger partial charge is 0.234 e. The predicted molar refractivity (Wildman–Crippen MR) is 198 cm³/mol. The summed E-state index contributed by atoms with van der Waals surface area (Å²) in [5, 5.41) is 87.2. The number of ether oxygens (including phenoxy) is 6. The van der Waals surface area contributed by atoms with Crippen molar-refractivity contribution in [3.05, 3.63) is 0 Å². The number of nitrogens with zero attached hydrogens (tertiary/aromatic N) is 2. The highest BCUT2D eigenvalue weighted by molar-refractivity contribution is 5.80. The number of amides is 2. The highest BCUT2D eigenvalue weighted by atomic mass is 16.6. The lowest BCUT2D eigenvalue weighted by Crippen LogP contribution is -2.50. The van der Waals surface area contributed by atoms with Crippen molar-refractivity contribution >= 4 is 11.8 Å². The van der Waals surface area contributed by atoms with Crippen LogP contribution in [0.15, 0.2) is 0 Å². The van der Waals surface area contributed by atoms with Gasteiger partial charge >= 0.3 is 0 Å². The summed E-state index contributed by atoms with van der Waals surface area (Å²) < 4.78 is 32.9. The molecule has 6 unspecified atom stereocenters. The highest BCUT2D eigenvalue weighted by Crippen LogP contribution is 2.10. The number of hydrogen-bond acceptors (Lipinski definition) is 19. The standard InChI is InChI=1S/C34H71N5O16/c1-35-5-11-50-15-17-53-14-8-39(25-31(46)36-2)26-32(47)37-6-12-51-16-19-54-21-22-55-20-18-52-13-7-38(23-29(44)33(48)27(42)3-9-40)24-30(45)34(49)28(43)4-10-41/h27-30,33-35,40-45,48-49H,3-26H2,1-2H3,(H,36,46)(H,37,47). The quantitative estimate of drug-likeness (QED) is 0.0257. The number of carbonyl (C=O) groups excluding carboxylic acids is 2. The second kappa shape index (κ2) is 36.6. The summed E-state index contributed by atoms with van der Waals surface area (Å²) in [6.07, 6.45) is -9.08. The summed E-state index contributed by atoms with van der Waals surface area (Å²) >= 11 is 0. The van der Waals surface area contributed by atoms with Crippen LogP contribution < -0.4 is 16.0 Å². The summed E-state index contributed by atoms with van der Waals surface area (Å²) in [5.41, 5.74) is 0. The van der Waals surface area contributed by atoms with Gasteiger partial charge in [-0.3, -0.25) is 19.4 Å². The Bertz CT molecular complexity index is 878. The lowest BCUT2D eigenvalue weighted by atomic mass is 10.0. The van der Waals surface area contributed by atoms with Crippen LogP contribution in [0.3, 0.4) is 0 Å². The third-order valence-corrected chi connectivity index (χ3v) is 7.99. The van der Waals surface area contributed by atoms with E-state index in [4.69, 9.17) is 38.6 Å². The van der Waals surface area contributed by atoms with Crippen LogP contribution in [0.4, 0.5) is 0 Å². The largest absolute Gasteiger partial charge is 0.396 e. The van der Waals surface area contributed by atoms with Gasteiger partial charge in [0.15, 0.2) is 0 Å². The maximum absolute atomic E-state index is 12.4. The van der Waals surface area contributed by atoms with Crippen molar-refractivity contribution < 1.29 is 78.9 Å². The average molecular weight is 806 g/mol. The summed E-state index contributed by atoms with van der Waals surface area (Å²) in [7, 11) is 3.38. The maximum atomic E-state index is 12.4. The van der Waals surface area contributed by atoms with E-state index in [0.29, 0.717) is 65.9 Å². The van der Waals surface area contributed by atoms with Crippen LogP contribution in [0.1, 0.15) is 12.8 Å². The molecule has 0 aromatic rings. The molecule has 328 valence electrons. The predicted octanol–water partition coefficient (Wildman–Crippen LogP) is -6.30. The van der Waals surface area contributed by atoms with E-state index in [2.05, 4.69) is 16.0 Å². The zero-order valence-corrected chi connectivity index (χ0v) is 32.7. The molecule has 0 spiro atoms. The van der Waals surface area contributed by atoms with Gasteiger partial charge in [-0.1, -0.05) is 0 Å². The number of carbonyl (C=O) groups is 2. The molecule has 0 aromatic heterocycles. The first-order valence-corrected chi connectivity index (χ1v) is 18.8. The molecule has 0 aliphatic carbocycles. The topological polar surface area (TPSA) is 294 Å². The molecule has 11 N–H and O–H groups in total. The molecule has 0 fully saturated rings. The van der Waals surface area contributed by atoms with Crippen LogP contribution in [-0.2, 0) is 38.0 Å². The Morgan fingerprint density at radius 2 is 0.891 bits per heavy atom. The number of aliphatic hydroxyl groups is 8. The number of nitrogens with one attached hydrogen (secondary N) is 3. The third-order valence-electron chi connectivity index (χ3n) is 7.99. The van der Waals surface area contributed by atoms with Gasteiger partial charge in [-0.15, -0.1) is 0 Å². The Kier molecular flexibility index (Phi) is 35.4. The monoisotopic (exact) mass is 805 g/mol. The molecule has 0 aliphatic heterocycles. The molecule has 0 saturated carbocycles. The van der Waals surface area contributed by atoms with Crippen molar-refractivity contribution in [3.8, 4) is 0 Å². The van der Waals surface area contributed by atoms with E-state index in [1.165, 1.54) is 11.9 Å². The maximum Gasteiger partial charge on any atom is 0.234 e. The minimum atomic E-state index is -1.57. The molecule has 21 nitrogen and oxygen atoms in total. The second-order valence-electron chi connectivity index (χ2n) is 12.5. The van der Waals surface area contributed by atoms with Crippen LogP contribution >= 0.6 is 0 Å². The fourth-order valence-corrected chi connectivity index (χ4v) is 4.78. The van der Waals surface area contributed by atoms with Crippen LogP contribution in [0.25, 0.3) is 0 Å². The third kappa shape index (κ3) is 30.1. The molecular weight excluding hydrogens is 734 g/mol. The van der Waals surface area contributed by atoms with Gasteiger partial charge in [-0.05, 0) is 19.9 Å². The molecule has 0 saturated heterocycles. The highest BCUT2D eigenvalue weighted by Gasteiger charge is 2.30. The van der Waals surface area contributed by atoms with Crippen LogP contribution in [0, 0.1) is 0 Å². The van der Waals surface area contributed by atoms with E-state index in [1.54, 1.807) is 4.90 Å². The van der Waals surface area contributed by atoms with Crippen LogP contribution in [0.5, 0.6) is 0 Å². The molecule has 2 amide bonds. The zero-order chi connectivity index (χ0) is 41.1. The van der Waals surface area contributed by atoms with Gasteiger partial charge in [0.2, 0.25) is 11.8 Å². The van der Waals surface area contributed by atoms with Gasteiger partial charge in [-0.2, -0.15) is 0 Å². The number of rotatable bonds is 40. The minimum Gasteiger partial charge on any atom is -0.396 e. The average Bonchev–Trinajstić information content (AvgIpc) is 3.16. The zero-order valence-electron chi connectivity index (χ0n) is 32.7. The van der Waals surface area contributed by atoms with Gasteiger partial charge in [0.05, 0.1) is 117 Å². The molecule has 55 heavy (non-hydrogen) atoms. The summed E-state index contributed by atoms with van der Waals surface area (Å²) in [5.74, 6) is -0.452. The van der Waals surface area contributed by atoms with E-state index in [9.17, 15) is 40.2 Å². The SMILES string of the molecule is CNCCOCCOCCN(CC(=O)NC)CC(=O)NCCOCCOCCOCCOCCN(CC(O)C(O)C(O)CCO)CC(O)C(O)C(O)CCO. The van der Waals surface area contributed by atoms with Crippen molar-refractivity contribution in [1.29, 1.82) is 0 Å². The van der Waals surface area contributed by atoms with E-state index < -0.39 is 49.8 Å². The molecule has 6 atom stereocenters. The van der Waals surface area contributed by atoms with E-state index in [-0.39, 0.29) is 83.8 Å². The molecule has 0 bridgehead atoms. The van der Waals surface area contributed by atoms with Crippen molar-refractivity contribution in [1.82, 2.24) is 25.8 Å². The summed E-state index contributed by atoms with van der Waals surface area (Å²) in [6, 6.07) is 0. The van der Waals surface area contributed by atoms with Gasteiger partial charge in [0.25, 0.3) is 0 Å². The summed E-state index contributed by atoms with van der Waals surface area (Å²) in [4.78, 5) is 27.4. The normalized spacial score (nSPS) is 15.2. The Hall–Kier alpha value is -1.74. The van der Waals surface area contributed by atoms with E-state index >= 15 is 0 Å². The fourth-order valence-electron chi connectivity index (χ4n) is 4.78. The van der Waals surface area contributed by atoms with Crippen molar-refractivity contribution in [3.63, 3.8) is 0 Å². The van der Waals surface area contributed by atoms with Crippen molar-refractivity contribution in [2.75, 3.05) is 159 Å². The fraction of sp³-hybridized carbons (Fsp3) is 0.941. The summed E-state index contributed by atoms with van der Waals surface area (Å²) in [6.45, 7) is 4.41. The first kappa shape index (κ1) is 53.3. The number of aliphatic hydroxyl groups excluding tert-OH is 8. The lowest BCUT2D eigenvalue weighted by Gasteiger charge is -2.32. The van der Waals surface area contributed by atoms with Crippen molar-refractivity contribution in [2.24, 2.45) is 0 Å². The lowest BCUT2D eigenvalue weighted by molar-refractivity contribution is -0.125.